The molecule has 0 saturated carbocycles. The smallest absolute Gasteiger partial charge is 0.224 e. The fourth-order valence-corrected chi connectivity index (χ4v) is 2.05. The van der Waals surface area contributed by atoms with E-state index in [1.165, 1.54) is 6.07 Å². The van der Waals surface area contributed by atoms with Crippen LogP contribution in [0.1, 0.15) is 26.2 Å². The Bertz CT molecular complexity index is 477. The zero-order valence-corrected chi connectivity index (χ0v) is 11.9. The van der Waals surface area contributed by atoms with Gasteiger partial charge < -0.3 is 15.2 Å². The van der Waals surface area contributed by atoms with Crippen LogP contribution in [0.4, 0.5) is 5.69 Å². The number of carboxylic acid groups (broad SMARTS) is 1. The Morgan fingerprint density at radius 3 is 2.58 bits per heavy atom. The molecule has 0 aliphatic rings. The molecule has 1 atom stereocenters. The van der Waals surface area contributed by atoms with Gasteiger partial charge in [0.05, 0.1) is 10.7 Å². The summed E-state index contributed by atoms with van der Waals surface area (Å²) < 4.78 is 0. The first-order valence-electron chi connectivity index (χ1n) is 5.89. The van der Waals surface area contributed by atoms with E-state index >= 15 is 0 Å². The molecule has 4 nitrogen and oxygen atoms in total. The van der Waals surface area contributed by atoms with Gasteiger partial charge in [-0.3, -0.25) is 4.79 Å². The summed E-state index contributed by atoms with van der Waals surface area (Å²) in [7, 11) is 0. The van der Waals surface area contributed by atoms with Gasteiger partial charge in [-0.1, -0.05) is 30.1 Å². The van der Waals surface area contributed by atoms with Crippen molar-refractivity contribution >= 4 is 40.8 Å². The molecule has 1 N–H and O–H groups in total. The Morgan fingerprint density at radius 2 is 2.05 bits per heavy atom. The lowest BCUT2D eigenvalue weighted by atomic mass is 10.0. The van der Waals surface area contributed by atoms with Crippen molar-refractivity contribution in [3.8, 4) is 0 Å². The number of benzene rings is 1. The van der Waals surface area contributed by atoms with E-state index in [1.54, 1.807) is 19.1 Å². The molecule has 6 heteroatoms. The lowest BCUT2D eigenvalue weighted by Crippen LogP contribution is -2.31. The first-order chi connectivity index (χ1) is 8.93. The highest BCUT2D eigenvalue weighted by Crippen LogP contribution is 2.25. The predicted molar refractivity (Wildman–Crippen MR) is 73.1 cm³/mol. The molecule has 0 aliphatic carbocycles. The molecule has 0 bridgehead atoms. The normalized spacial score (nSPS) is 11.9. The zero-order chi connectivity index (χ0) is 14.4. The van der Waals surface area contributed by atoms with E-state index in [1.807, 2.05) is 0 Å². The van der Waals surface area contributed by atoms with Crippen molar-refractivity contribution in [3.05, 3.63) is 28.2 Å². The van der Waals surface area contributed by atoms with Crippen LogP contribution in [0.5, 0.6) is 0 Å². The molecule has 0 heterocycles. The maximum atomic E-state index is 11.7. The average molecular weight is 303 g/mol. The number of aliphatic carboxylic acids is 1. The van der Waals surface area contributed by atoms with E-state index in [-0.39, 0.29) is 18.7 Å². The van der Waals surface area contributed by atoms with Gasteiger partial charge >= 0.3 is 0 Å². The Kier molecular flexibility index (Phi) is 6.12. The predicted octanol–water partition coefficient (Wildman–Crippen LogP) is 2.49. The summed E-state index contributed by atoms with van der Waals surface area (Å²) >= 11 is 11.7. The lowest BCUT2D eigenvalue weighted by Gasteiger charge is -2.15. The highest BCUT2D eigenvalue weighted by Gasteiger charge is 2.11. The summed E-state index contributed by atoms with van der Waals surface area (Å²) in [5.41, 5.74) is 0.456. The standard InChI is InChI=1S/C13H15Cl2NO3/c1-2-8(13(18)19)3-6-12(17)16-11-5-4-9(14)7-10(11)15/h4-5,7-8H,2-3,6H2,1H3,(H,16,17)(H,18,19)/p-1/t8-/m0/s1. The summed E-state index contributed by atoms with van der Waals surface area (Å²) in [5, 5.41) is 14.1. The summed E-state index contributed by atoms with van der Waals surface area (Å²) in [5.74, 6) is -2.02. The molecule has 0 saturated heterocycles. The number of carbonyl (C=O) groups excluding carboxylic acids is 2. The first kappa shape index (κ1) is 15.8. The first-order valence-corrected chi connectivity index (χ1v) is 6.65. The van der Waals surface area contributed by atoms with Crippen molar-refractivity contribution < 1.29 is 14.7 Å². The van der Waals surface area contributed by atoms with E-state index < -0.39 is 11.9 Å². The number of nitrogens with one attached hydrogen (secondary N) is 1. The van der Waals surface area contributed by atoms with Crippen LogP contribution in [-0.2, 0) is 9.59 Å². The fourth-order valence-electron chi connectivity index (χ4n) is 1.60. The minimum absolute atomic E-state index is 0.103. The minimum Gasteiger partial charge on any atom is -0.550 e. The number of anilines is 1. The summed E-state index contributed by atoms with van der Waals surface area (Å²) in [4.78, 5) is 22.4. The second-order valence-corrected chi connectivity index (χ2v) is 4.98. The number of carboxylic acids is 1. The molecule has 0 aromatic heterocycles. The van der Waals surface area contributed by atoms with E-state index in [0.717, 1.165) is 0 Å². The molecule has 0 aliphatic heterocycles. The third-order valence-electron chi connectivity index (χ3n) is 2.75. The molecule has 0 unspecified atom stereocenters. The van der Waals surface area contributed by atoms with E-state index in [9.17, 15) is 14.7 Å². The van der Waals surface area contributed by atoms with Gasteiger partial charge in [0, 0.05) is 17.4 Å². The summed E-state index contributed by atoms with van der Waals surface area (Å²) in [6, 6.07) is 4.73. The number of carbonyl (C=O) groups is 2. The van der Waals surface area contributed by atoms with Gasteiger partial charge in [-0.2, -0.15) is 0 Å². The molecule has 1 amide bonds. The van der Waals surface area contributed by atoms with Crippen LogP contribution in [0.3, 0.4) is 0 Å². The Labute approximate surface area is 121 Å². The van der Waals surface area contributed by atoms with Gasteiger partial charge in [0.15, 0.2) is 0 Å². The van der Waals surface area contributed by atoms with Crippen molar-refractivity contribution in [1.82, 2.24) is 0 Å². The molecule has 19 heavy (non-hydrogen) atoms. The molecule has 0 spiro atoms. The van der Waals surface area contributed by atoms with Crippen molar-refractivity contribution in [2.24, 2.45) is 5.92 Å². The second-order valence-electron chi connectivity index (χ2n) is 4.14. The van der Waals surface area contributed by atoms with Gasteiger partial charge in [0.25, 0.3) is 0 Å². The molecule has 1 aromatic rings. The quantitative estimate of drug-likeness (QED) is 0.877. The van der Waals surface area contributed by atoms with Crippen molar-refractivity contribution in [2.75, 3.05) is 5.32 Å². The number of halogens is 2. The van der Waals surface area contributed by atoms with Crippen LogP contribution < -0.4 is 10.4 Å². The number of amides is 1. The van der Waals surface area contributed by atoms with Crippen LogP contribution in [0, 0.1) is 5.92 Å². The summed E-state index contributed by atoms with van der Waals surface area (Å²) in [6.07, 6.45) is 0.790. The second kappa shape index (κ2) is 7.36. The maximum Gasteiger partial charge on any atom is 0.224 e. The lowest BCUT2D eigenvalue weighted by molar-refractivity contribution is -0.311. The van der Waals surface area contributed by atoms with E-state index in [2.05, 4.69) is 5.32 Å². The number of hydrogen-bond acceptors (Lipinski definition) is 3. The van der Waals surface area contributed by atoms with Crippen LogP contribution >= 0.6 is 23.2 Å². The monoisotopic (exact) mass is 302 g/mol. The van der Waals surface area contributed by atoms with Gasteiger partial charge in [0.1, 0.15) is 0 Å². The molecular formula is C13H14Cl2NO3-. The molecular weight excluding hydrogens is 289 g/mol. The number of hydrogen-bond donors (Lipinski definition) is 1. The Balaban J connectivity index is 2.53. The highest BCUT2D eigenvalue weighted by atomic mass is 35.5. The van der Waals surface area contributed by atoms with Gasteiger partial charge in [-0.15, -0.1) is 0 Å². The topological polar surface area (TPSA) is 69.2 Å². The Hall–Kier alpha value is -1.26. The maximum absolute atomic E-state index is 11.7. The van der Waals surface area contributed by atoms with Crippen LogP contribution in [0.15, 0.2) is 18.2 Å². The fraction of sp³-hybridized carbons (Fsp3) is 0.385. The molecule has 104 valence electrons. The minimum atomic E-state index is -1.13. The third-order valence-corrected chi connectivity index (χ3v) is 3.30. The van der Waals surface area contributed by atoms with Gasteiger partial charge in [-0.05, 0) is 37.0 Å². The molecule has 1 aromatic carbocycles. The summed E-state index contributed by atoms with van der Waals surface area (Å²) in [6.45, 7) is 1.74. The Morgan fingerprint density at radius 1 is 1.37 bits per heavy atom. The van der Waals surface area contributed by atoms with Gasteiger partial charge in [-0.25, -0.2) is 0 Å². The van der Waals surface area contributed by atoms with Crippen molar-refractivity contribution in [3.63, 3.8) is 0 Å². The number of rotatable bonds is 6. The molecule has 0 radical (unpaired) electrons. The zero-order valence-electron chi connectivity index (χ0n) is 10.4. The molecule has 1 rings (SSSR count). The van der Waals surface area contributed by atoms with E-state index in [0.29, 0.717) is 22.2 Å². The highest BCUT2D eigenvalue weighted by molar-refractivity contribution is 6.36. The van der Waals surface area contributed by atoms with Crippen LogP contribution in [0.2, 0.25) is 10.0 Å². The van der Waals surface area contributed by atoms with Crippen molar-refractivity contribution in [2.45, 2.75) is 26.2 Å². The SMILES string of the molecule is CC[C@@H](CCC(=O)Nc1ccc(Cl)cc1Cl)C(=O)[O-]. The van der Waals surface area contributed by atoms with Gasteiger partial charge in [0.2, 0.25) is 5.91 Å². The van der Waals surface area contributed by atoms with Crippen LogP contribution in [0.25, 0.3) is 0 Å². The van der Waals surface area contributed by atoms with E-state index in [4.69, 9.17) is 23.2 Å². The largest absolute Gasteiger partial charge is 0.550 e. The third kappa shape index (κ3) is 5.09. The average Bonchev–Trinajstić information content (AvgIpc) is 2.33. The van der Waals surface area contributed by atoms with Crippen molar-refractivity contribution in [1.29, 1.82) is 0 Å². The van der Waals surface area contributed by atoms with Crippen LogP contribution in [-0.4, -0.2) is 11.9 Å². The molecule has 0 fully saturated rings.